The maximum atomic E-state index is 14.9. The van der Waals surface area contributed by atoms with Crippen LogP contribution < -0.4 is 10.8 Å². The summed E-state index contributed by atoms with van der Waals surface area (Å²) in [6.45, 7) is -0.160. The molecule has 3 rings (SSSR count). The Balaban J connectivity index is 1.94. The molecular formula is C20H19F3IN3O4. The van der Waals surface area contributed by atoms with Crippen molar-refractivity contribution in [2.24, 2.45) is 11.1 Å². The van der Waals surface area contributed by atoms with E-state index in [1.165, 1.54) is 12.1 Å². The van der Waals surface area contributed by atoms with Crippen LogP contribution in [-0.2, 0) is 9.68 Å². The molecule has 0 saturated heterocycles. The average Bonchev–Trinajstić information content (AvgIpc) is 3.56. The number of halogens is 4. The number of aliphatic hydroxyl groups excluding tert-OH is 1. The van der Waals surface area contributed by atoms with E-state index in [0.29, 0.717) is 16.1 Å². The number of aliphatic hydroxyl groups is 1. The molecule has 7 nitrogen and oxygen atoms in total. The zero-order valence-corrected chi connectivity index (χ0v) is 18.3. The Labute approximate surface area is 189 Å². The van der Waals surface area contributed by atoms with E-state index in [1.54, 1.807) is 6.07 Å². The summed E-state index contributed by atoms with van der Waals surface area (Å²) < 4.78 is 44.3. The molecule has 1 aliphatic rings. The molecule has 0 aromatic heterocycles. The Kier molecular flexibility index (Phi) is 8.09. The summed E-state index contributed by atoms with van der Waals surface area (Å²) in [5.41, 5.74) is 0.801. The van der Waals surface area contributed by atoms with E-state index in [4.69, 9.17) is 9.94 Å². The summed E-state index contributed by atoms with van der Waals surface area (Å²) in [6.07, 6.45) is 2.86. The zero-order chi connectivity index (χ0) is 22.4. The van der Waals surface area contributed by atoms with E-state index in [-0.39, 0.29) is 30.0 Å². The molecule has 2 aromatic carbocycles. The standard InChI is InChI=1S/C20H19F3IN3O4/c21-15-8-13(24)3-4-16(15)26-19-14(20(29)27-31-10-11-1-2-11)7-12(17(22)18(19)23)9-25-30-6-5-28/h3-4,7-9,11,26,28H,1-2,5-6,10H2,(H,27,29)/b25-9+. The second-order valence-electron chi connectivity index (χ2n) is 6.74. The van der Waals surface area contributed by atoms with Crippen LogP contribution in [0.2, 0.25) is 0 Å². The zero-order valence-electron chi connectivity index (χ0n) is 16.1. The number of carbonyl (C=O) groups is 1. The van der Waals surface area contributed by atoms with Gasteiger partial charge in [-0.1, -0.05) is 5.16 Å². The minimum atomic E-state index is -1.41. The van der Waals surface area contributed by atoms with Crippen molar-refractivity contribution in [1.29, 1.82) is 0 Å². The van der Waals surface area contributed by atoms with Gasteiger partial charge in [0.15, 0.2) is 11.6 Å². The SMILES string of the molecule is O=C(NOCC1CC1)c1cc(/C=N/OCCO)c(F)c(F)c1Nc1ccc(I)cc1F. The number of amides is 1. The molecule has 11 heteroatoms. The number of nitrogens with zero attached hydrogens (tertiary/aromatic N) is 1. The summed E-state index contributed by atoms with van der Waals surface area (Å²) in [5, 5.41) is 14.6. The van der Waals surface area contributed by atoms with Gasteiger partial charge in [0.05, 0.1) is 36.4 Å². The summed E-state index contributed by atoms with van der Waals surface area (Å²) >= 11 is 1.91. The summed E-state index contributed by atoms with van der Waals surface area (Å²) in [7, 11) is 0. The summed E-state index contributed by atoms with van der Waals surface area (Å²) in [5.74, 6) is -3.92. The fraction of sp³-hybridized carbons (Fsp3) is 0.300. The van der Waals surface area contributed by atoms with Gasteiger partial charge in [-0.15, -0.1) is 0 Å². The van der Waals surface area contributed by atoms with Gasteiger partial charge >= 0.3 is 0 Å². The second-order valence-corrected chi connectivity index (χ2v) is 7.99. The Morgan fingerprint density at radius 1 is 1.26 bits per heavy atom. The smallest absolute Gasteiger partial charge is 0.277 e. The molecule has 2 aromatic rings. The first kappa shape index (κ1) is 23.3. The van der Waals surface area contributed by atoms with E-state index in [0.717, 1.165) is 25.1 Å². The van der Waals surface area contributed by atoms with Gasteiger partial charge in [-0.25, -0.2) is 18.7 Å². The first-order chi connectivity index (χ1) is 14.9. The monoisotopic (exact) mass is 549 g/mol. The van der Waals surface area contributed by atoms with Crippen LogP contribution in [0.25, 0.3) is 0 Å². The fourth-order valence-electron chi connectivity index (χ4n) is 2.52. The van der Waals surface area contributed by atoms with Crippen LogP contribution >= 0.6 is 22.6 Å². The lowest BCUT2D eigenvalue weighted by Crippen LogP contribution is -2.26. The van der Waals surface area contributed by atoms with E-state index in [1.807, 2.05) is 22.6 Å². The molecule has 0 spiro atoms. The molecule has 31 heavy (non-hydrogen) atoms. The molecule has 0 atom stereocenters. The third-order valence-corrected chi connectivity index (χ3v) is 4.97. The first-order valence-corrected chi connectivity index (χ1v) is 10.4. The van der Waals surface area contributed by atoms with Crippen LogP contribution in [0.5, 0.6) is 0 Å². The number of rotatable bonds is 10. The maximum absolute atomic E-state index is 14.9. The van der Waals surface area contributed by atoms with Gasteiger partial charge in [0.25, 0.3) is 5.91 Å². The third kappa shape index (κ3) is 6.31. The average molecular weight is 549 g/mol. The van der Waals surface area contributed by atoms with Crippen LogP contribution in [0.3, 0.4) is 0 Å². The van der Waals surface area contributed by atoms with Crippen molar-refractivity contribution in [1.82, 2.24) is 5.48 Å². The highest BCUT2D eigenvalue weighted by Crippen LogP contribution is 2.31. The Bertz CT molecular complexity index is 987. The van der Waals surface area contributed by atoms with Crippen LogP contribution in [-0.4, -0.2) is 37.0 Å². The Hall–Kier alpha value is -2.38. The van der Waals surface area contributed by atoms with Crippen molar-refractivity contribution in [2.75, 3.05) is 25.1 Å². The normalized spacial score (nSPS) is 13.5. The predicted molar refractivity (Wildman–Crippen MR) is 116 cm³/mol. The van der Waals surface area contributed by atoms with Gasteiger partial charge in [0.2, 0.25) is 0 Å². The van der Waals surface area contributed by atoms with Crippen LogP contribution in [0.4, 0.5) is 24.5 Å². The number of carbonyl (C=O) groups excluding carboxylic acids is 1. The van der Waals surface area contributed by atoms with Gasteiger partial charge < -0.3 is 15.3 Å². The van der Waals surface area contributed by atoms with Gasteiger partial charge in [-0.3, -0.25) is 9.63 Å². The van der Waals surface area contributed by atoms with Gasteiger partial charge in [-0.05, 0) is 65.6 Å². The highest BCUT2D eigenvalue weighted by Gasteiger charge is 2.25. The molecule has 0 radical (unpaired) electrons. The third-order valence-electron chi connectivity index (χ3n) is 4.30. The van der Waals surface area contributed by atoms with Crippen LogP contribution in [0, 0.1) is 26.9 Å². The van der Waals surface area contributed by atoms with Gasteiger partial charge in [0.1, 0.15) is 12.4 Å². The molecule has 3 N–H and O–H groups in total. The Morgan fingerprint density at radius 3 is 2.71 bits per heavy atom. The van der Waals surface area contributed by atoms with E-state index in [2.05, 4.69) is 20.8 Å². The lowest BCUT2D eigenvalue weighted by Gasteiger charge is -2.15. The topological polar surface area (TPSA) is 92.2 Å². The highest BCUT2D eigenvalue weighted by molar-refractivity contribution is 14.1. The largest absolute Gasteiger partial charge is 0.393 e. The lowest BCUT2D eigenvalue weighted by molar-refractivity contribution is 0.0270. The molecule has 1 saturated carbocycles. The Morgan fingerprint density at radius 2 is 2.03 bits per heavy atom. The minimum absolute atomic E-state index is 0.139. The molecule has 0 bridgehead atoms. The second kappa shape index (κ2) is 10.8. The molecule has 1 amide bonds. The number of oxime groups is 1. The highest BCUT2D eigenvalue weighted by atomic mass is 127. The molecule has 1 fully saturated rings. The summed E-state index contributed by atoms with van der Waals surface area (Å²) in [6, 6.07) is 5.15. The number of hydrogen-bond acceptors (Lipinski definition) is 6. The van der Waals surface area contributed by atoms with Crippen LogP contribution in [0.1, 0.15) is 28.8 Å². The molecule has 1 aliphatic carbocycles. The van der Waals surface area contributed by atoms with Crippen LogP contribution in [0.15, 0.2) is 29.4 Å². The molecular weight excluding hydrogens is 530 g/mol. The van der Waals surface area contributed by atoms with E-state index >= 15 is 0 Å². The first-order valence-electron chi connectivity index (χ1n) is 9.33. The quantitative estimate of drug-likeness (QED) is 0.181. The number of benzene rings is 2. The molecule has 0 aliphatic heterocycles. The number of anilines is 2. The van der Waals surface area contributed by atoms with E-state index in [9.17, 15) is 18.0 Å². The van der Waals surface area contributed by atoms with Crippen molar-refractivity contribution in [3.63, 3.8) is 0 Å². The van der Waals surface area contributed by atoms with Gasteiger partial charge in [-0.2, -0.15) is 0 Å². The minimum Gasteiger partial charge on any atom is -0.393 e. The molecule has 0 unspecified atom stereocenters. The van der Waals surface area contributed by atoms with Gasteiger partial charge in [0, 0.05) is 9.13 Å². The van der Waals surface area contributed by atoms with E-state index < -0.39 is 29.0 Å². The lowest BCUT2D eigenvalue weighted by atomic mass is 10.1. The summed E-state index contributed by atoms with van der Waals surface area (Å²) in [4.78, 5) is 22.4. The maximum Gasteiger partial charge on any atom is 0.277 e. The predicted octanol–water partition coefficient (Wildman–Crippen LogP) is 3.87. The van der Waals surface area contributed by atoms with Crippen molar-refractivity contribution in [3.8, 4) is 0 Å². The molecule has 166 valence electrons. The van der Waals surface area contributed by atoms with Crippen molar-refractivity contribution < 1.29 is 32.7 Å². The number of hydroxylamine groups is 1. The van der Waals surface area contributed by atoms with Crippen molar-refractivity contribution in [2.45, 2.75) is 12.8 Å². The molecule has 0 heterocycles. The number of nitrogens with one attached hydrogen (secondary N) is 2. The van der Waals surface area contributed by atoms with Crippen molar-refractivity contribution >= 4 is 46.1 Å². The number of hydrogen-bond donors (Lipinski definition) is 3. The fourth-order valence-corrected chi connectivity index (χ4v) is 2.97. The van der Waals surface area contributed by atoms with Crippen molar-refractivity contribution in [3.05, 3.63) is 56.4 Å².